The van der Waals surface area contributed by atoms with Gasteiger partial charge in [-0.2, -0.15) is 0 Å². The van der Waals surface area contributed by atoms with Crippen LogP contribution in [0.2, 0.25) is 0 Å². The van der Waals surface area contributed by atoms with E-state index in [2.05, 4.69) is 0 Å². The molecule has 1 aromatic rings. The molecule has 1 aliphatic rings. The Bertz CT molecular complexity index is 461. The van der Waals surface area contributed by atoms with Gasteiger partial charge in [-0.15, -0.1) is 0 Å². The maximum atomic E-state index is 12.2. The van der Waals surface area contributed by atoms with Gasteiger partial charge in [-0.05, 0) is 24.8 Å². The molecule has 0 radical (unpaired) electrons. The first kappa shape index (κ1) is 13.5. The van der Waals surface area contributed by atoms with E-state index < -0.39 is 18.1 Å². The summed E-state index contributed by atoms with van der Waals surface area (Å²) in [4.78, 5) is 24.7. The van der Waals surface area contributed by atoms with E-state index in [4.69, 9.17) is 10.8 Å². The van der Waals surface area contributed by atoms with Crippen molar-refractivity contribution in [1.29, 1.82) is 0 Å². The number of hydrogen-bond acceptors (Lipinski definition) is 3. The van der Waals surface area contributed by atoms with Crippen LogP contribution in [0.3, 0.4) is 0 Å². The molecule has 2 atom stereocenters. The molecule has 3 N–H and O–H groups in total. The molecule has 1 aromatic carbocycles. The fourth-order valence-electron chi connectivity index (χ4n) is 2.46. The molecule has 1 heterocycles. The van der Waals surface area contributed by atoms with E-state index >= 15 is 0 Å². The lowest BCUT2D eigenvalue weighted by molar-refractivity contribution is -0.148. The van der Waals surface area contributed by atoms with Crippen molar-refractivity contribution in [3.05, 3.63) is 35.9 Å². The highest BCUT2D eigenvalue weighted by Crippen LogP contribution is 2.18. The molecule has 102 valence electrons. The van der Waals surface area contributed by atoms with Crippen LogP contribution in [-0.2, 0) is 16.0 Å². The molecule has 1 fully saturated rings. The highest BCUT2D eigenvalue weighted by atomic mass is 16.4. The van der Waals surface area contributed by atoms with Crippen molar-refractivity contribution in [2.24, 2.45) is 5.73 Å². The fraction of sp³-hybridized carbons (Fsp3) is 0.429. The molecular weight excluding hydrogens is 244 g/mol. The lowest BCUT2D eigenvalue weighted by Gasteiger charge is -2.24. The van der Waals surface area contributed by atoms with Crippen LogP contribution in [0.4, 0.5) is 0 Å². The van der Waals surface area contributed by atoms with E-state index in [1.807, 2.05) is 30.3 Å². The van der Waals surface area contributed by atoms with Crippen molar-refractivity contribution in [3.8, 4) is 0 Å². The number of nitrogens with two attached hydrogens (primary N) is 1. The van der Waals surface area contributed by atoms with Gasteiger partial charge in [0.15, 0.2) is 0 Å². The summed E-state index contributed by atoms with van der Waals surface area (Å²) in [6.07, 6.45) is 1.67. The third-order valence-corrected chi connectivity index (χ3v) is 3.44. The van der Waals surface area contributed by atoms with Gasteiger partial charge in [0.25, 0.3) is 0 Å². The second kappa shape index (κ2) is 5.84. The molecule has 1 saturated heterocycles. The predicted octanol–water partition coefficient (Wildman–Crippen LogP) is 0.632. The summed E-state index contributed by atoms with van der Waals surface area (Å²) in [5.41, 5.74) is 6.89. The van der Waals surface area contributed by atoms with E-state index in [1.54, 1.807) is 0 Å². The lowest BCUT2D eigenvalue weighted by atomic mass is 10.1. The van der Waals surface area contributed by atoms with Gasteiger partial charge in [-0.3, -0.25) is 4.79 Å². The van der Waals surface area contributed by atoms with Gasteiger partial charge >= 0.3 is 5.97 Å². The Morgan fingerprint density at radius 3 is 2.68 bits per heavy atom. The largest absolute Gasteiger partial charge is 0.480 e. The minimum atomic E-state index is -0.947. The van der Waals surface area contributed by atoms with Crippen molar-refractivity contribution in [3.63, 3.8) is 0 Å². The van der Waals surface area contributed by atoms with E-state index in [1.165, 1.54) is 4.90 Å². The second-order valence-corrected chi connectivity index (χ2v) is 4.82. The summed E-state index contributed by atoms with van der Waals surface area (Å²) in [6.45, 7) is 0.484. The second-order valence-electron chi connectivity index (χ2n) is 4.82. The van der Waals surface area contributed by atoms with Gasteiger partial charge in [0.05, 0.1) is 6.04 Å². The van der Waals surface area contributed by atoms with Crippen LogP contribution in [0.1, 0.15) is 18.4 Å². The molecule has 5 nitrogen and oxygen atoms in total. The molecule has 0 saturated carbocycles. The Balaban J connectivity index is 2.01. The van der Waals surface area contributed by atoms with Gasteiger partial charge in [-0.1, -0.05) is 30.3 Å². The number of aliphatic carboxylic acids is 1. The molecule has 2 rings (SSSR count). The number of carboxylic acid groups (broad SMARTS) is 1. The fourth-order valence-corrected chi connectivity index (χ4v) is 2.46. The monoisotopic (exact) mass is 262 g/mol. The average Bonchev–Trinajstić information content (AvgIpc) is 2.88. The maximum absolute atomic E-state index is 12.2. The zero-order valence-corrected chi connectivity index (χ0v) is 10.7. The third kappa shape index (κ3) is 3.12. The molecule has 0 spiro atoms. The molecule has 1 amide bonds. The van der Waals surface area contributed by atoms with E-state index in [9.17, 15) is 9.59 Å². The minimum absolute atomic E-state index is 0.270. The van der Waals surface area contributed by atoms with Gasteiger partial charge in [0, 0.05) is 6.54 Å². The summed E-state index contributed by atoms with van der Waals surface area (Å²) in [5, 5.41) is 9.07. The van der Waals surface area contributed by atoms with Gasteiger partial charge in [-0.25, -0.2) is 4.79 Å². The van der Waals surface area contributed by atoms with Crippen molar-refractivity contribution in [1.82, 2.24) is 4.90 Å². The Morgan fingerprint density at radius 2 is 2.05 bits per heavy atom. The number of benzene rings is 1. The summed E-state index contributed by atoms with van der Waals surface area (Å²) in [7, 11) is 0. The van der Waals surface area contributed by atoms with E-state index in [0.29, 0.717) is 19.4 Å². The molecule has 0 bridgehead atoms. The third-order valence-electron chi connectivity index (χ3n) is 3.44. The van der Waals surface area contributed by atoms with E-state index in [-0.39, 0.29) is 5.91 Å². The SMILES string of the molecule is N[C@H](Cc1ccccc1)C(=O)N1CCC[C@@H]1C(=O)O. The number of amides is 1. The van der Waals surface area contributed by atoms with Crippen LogP contribution < -0.4 is 5.73 Å². The average molecular weight is 262 g/mol. The normalized spacial score (nSPS) is 20.3. The van der Waals surface area contributed by atoms with Crippen LogP contribution in [0.15, 0.2) is 30.3 Å². The molecule has 0 unspecified atom stereocenters. The van der Waals surface area contributed by atoms with Crippen LogP contribution in [0, 0.1) is 0 Å². The zero-order valence-electron chi connectivity index (χ0n) is 10.7. The summed E-state index contributed by atoms with van der Waals surface area (Å²) < 4.78 is 0. The minimum Gasteiger partial charge on any atom is -0.480 e. The number of carbonyl (C=O) groups is 2. The van der Waals surface area contributed by atoms with Crippen LogP contribution in [-0.4, -0.2) is 40.5 Å². The molecular formula is C14H18N2O3. The van der Waals surface area contributed by atoms with E-state index in [0.717, 1.165) is 12.0 Å². The van der Waals surface area contributed by atoms with Crippen LogP contribution >= 0.6 is 0 Å². The maximum Gasteiger partial charge on any atom is 0.326 e. The Hall–Kier alpha value is -1.88. The summed E-state index contributed by atoms with van der Waals surface area (Å²) in [5.74, 6) is -1.22. The van der Waals surface area contributed by atoms with Crippen LogP contribution in [0.25, 0.3) is 0 Å². The zero-order chi connectivity index (χ0) is 13.8. The standard InChI is InChI=1S/C14H18N2O3/c15-11(9-10-5-2-1-3-6-10)13(17)16-8-4-7-12(16)14(18)19/h1-3,5-6,11-12H,4,7-9,15H2,(H,18,19)/t11-,12-/m1/s1. The van der Waals surface area contributed by atoms with Crippen molar-refractivity contribution in [2.75, 3.05) is 6.54 Å². The molecule has 0 aromatic heterocycles. The topological polar surface area (TPSA) is 83.6 Å². The lowest BCUT2D eigenvalue weighted by Crippen LogP contribution is -2.49. The molecule has 19 heavy (non-hydrogen) atoms. The molecule has 1 aliphatic heterocycles. The highest BCUT2D eigenvalue weighted by Gasteiger charge is 2.35. The molecule has 5 heteroatoms. The van der Waals surface area contributed by atoms with Gasteiger partial charge in [0.1, 0.15) is 6.04 Å². The first-order valence-corrected chi connectivity index (χ1v) is 6.42. The Kier molecular flexibility index (Phi) is 4.16. The number of likely N-dealkylation sites (tertiary alicyclic amines) is 1. The number of carboxylic acids is 1. The quantitative estimate of drug-likeness (QED) is 0.833. The summed E-state index contributed by atoms with van der Waals surface area (Å²) >= 11 is 0. The number of carbonyl (C=O) groups excluding carboxylic acids is 1. The van der Waals surface area contributed by atoms with Crippen molar-refractivity contribution < 1.29 is 14.7 Å². The van der Waals surface area contributed by atoms with Gasteiger partial charge in [0.2, 0.25) is 5.91 Å². The smallest absolute Gasteiger partial charge is 0.326 e. The van der Waals surface area contributed by atoms with Crippen molar-refractivity contribution in [2.45, 2.75) is 31.3 Å². The number of rotatable bonds is 4. The first-order chi connectivity index (χ1) is 9.09. The summed E-state index contributed by atoms with van der Waals surface area (Å²) in [6, 6.07) is 8.11. The molecule has 0 aliphatic carbocycles. The number of hydrogen-bond donors (Lipinski definition) is 2. The Morgan fingerprint density at radius 1 is 1.37 bits per heavy atom. The van der Waals surface area contributed by atoms with Gasteiger partial charge < -0.3 is 15.7 Å². The number of nitrogens with zero attached hydrogens (tertiary/aromatic N) is 1. The Labute approximate surface area is 112 Å². The van der Waals surface area contributed by atoms with Crippen molar-refractivity contribution >= 4 is 11.9 Å². The van der Waals surface area contributed by atoms with Crippen LogP contribution in [0.5, 0.6) is 0 Å². The highest BCUT2D eigenvalue weighted by molar-refractivity contribution is 5.87. The first-order valence-electron chi connectivity index (χ1n) is 6.42. The predicted molar refractivity (Wildman–Crippen MR) is 70.5 cm³/mol.